The van der Waals surface area contributed by atoms with E-state index >= 15 is 0 Å². The normalized spacial score (nSPS) is 17.1. The third-order valence-corrected chi connectivity index (χ3v) is 4.38. The van der Waals surface area contributed by atoms with Crippen molar-refractivity contribution in [1.29, 1.82) is 0 Å². The molecule has 4 nitrogen and oxygen atoms in total. The molecule has 1 saturated heterocycles. The molecule has 2 aromatic rings. The van der Waals surface area contributed by atoms with Gasteiger partial charge in [0.05, 0.1) is 36.5 Å². The summed E-state index contributed by atoms with van der Waals surface area (Å²) in [6, 6.07) is 6.34. The number of aromatic amines is 1. The standard InChI is InChI=1S/C14H19N3OS/c1-11-2-3-12-13(10-11)16-14(15-12)19-9-6-17-4-7-18-8-5-17/h2-3,10H,4-9H2,1H3,(H,15,16)/p+1. The molecule has 1 aromatic carbocycles. The van der Waals surface area contributed by atoms with Gasteiger partial charge in [0, 0.05) is 0 Å². The van der Waals surface area contributed by atoms with E-state index in [1.165, 1.54) is 12.1 Å². The van der Waals surface area contributed by atoms with E-state index in [9.17, 15) is 0 Å². The molecule has 1 aromatic heterocycles. The van der Waals surface area contributed by atoms with E-state index in [2.05, 4.69) is 35.1 Å². The Labute approximate surface area is 117 Å². The number of rotatable bonds is 4. The predicted octanol–water partition coefficient (Wildman–Crippen LogP) is 0.879. The Morgan fingerprint density at radius 2 is 2.21 bits per heavy atom. The number of thioether (sulfide) groups is 1. The number of hydrogen-bond donors (Lipinski definition) is 2. The van der Waals surface area contributed by atoms with Gasteiger partial charge in [-0.3, -0.25) is 0 Å². The molecule has 0 amide bonds. The molecule has 0 spiro atoms. The number of benzene rings is 1. The lowest BCUT2D eigenvalue weighted by Gasteiger charge is -2.23. The highest BCUT2D eigenvalue weighted by atomic mass is 32.2. The van der Waals surface area contributed by atoms with Crippen molar-refractivity contribution in [3.63, 3.8) is 0 Å². The van der Waals surface area contributed by atoms with Gasteiger partial charge in [-0.2, -0.15) is 0 Å². The summed E-state index contributed by atoms with van der Waals surface area (Å²) in [6.07, 6.45) is 0. The number of aromatic nitrogens is 2. The van der Waals surface area contributed by atoms with Gasteiger partial charge in [0.1, 0.15) is 13.1 Å². The van der Waals surface area contributed by atoms with Gasteiger partial charge in [0.25, 0.3) is 0 Å². The molecule has 2 heterocycles. The summed E-state index contributed by atoms with van der Waals surface area (Å²) in [5.74, 6) is 1.11. The Balaban J connectivity index is 1.56. The van der Waals surface area contributed by atoms with Crippen LogP contribution in [0.25, 0.3) is 11.0 Å². The number of nitrogens with one attached hydrogen (secondary N) is 2. The van der Waals surface area contributed by atoms with E-state index in [-0.39, 0.29) is 0 Å². The highest BCUT2D eigenvalue weighted by molar-refractivity contribution is 7.99. The van der Waals surface area contributed by atoms with Gasteiger partial charge in [-0.25, -0.2) is 4.98 Å². The Morgan fingerprint density at radius 3 is 3.05 bits per heavy atom. The quantitative estimate of drug-likeness (QED) is 0.816. The third kappa shape index (κ3) is 3.29. The molecule has 2 N–H and O–H groups in total. The number of nitrogens with zero attached hydrogens (tertiary/aromatic N) is 1. The van der Waals surface area contributed by atoms with Crippen LogP contribution in [0.2, 0.25) is 0 Å². The van der Waals surface area contributed by atoms with Gasteiger partial charge in [-0.15, -0.1) is 0 Å². The monoisotopic (exact) mass is 278 g/mol. The number of fused-ring (bicyclic) bond motifs is 1. The predicted molar refractivity (Wildman–Crippen MR) is 77.9 cm³/mol. The van der Waals surface area contributed by atoms with Crippen LogP contribution in [0.4, 0.5) is 0 Å². The first-order chi connectivity index (χ1) is 9.31. The van der Waals surface area contributed by atoms with Crippen LogP contribution in [0.1, 0.15) is 5.56 Å². The molecular formula is C14H20N3OS+. The number of ether oxygens (including phenoxy) is 1. The number of hydrogen-bond acceptors (Lipinski definition) is 3. The molecule has 1 aliphatic rings. The fourth-order valence-corrected chi connectivity index (χ4v) is 3.30. The molecule has 3 rings (SSSR count). The molecule has 1 fully saturated rings. The van der Waals surface area contributed by atoms with Gasteiger partial charge in [-0.1, -0.05) is 17.8 Å². The second kappa shape index (κ2) is 5.94. The fraction of sp³-hybridized carbons (Fsp3) is 0.500. The zero-order valence-corrected chi connectivity index (χ0v) is 12.1. The summed E-state index contributed by atoms with van der Waals surface area (Å²) in [5.41, 5.74) is 3.47. The summed E-state index contributed by atoms with van der Waals surface area (Å²) in [4.78, 5) is 9.65. The zero-order chi connectivity index (χ0) is 13.1. The van der Waals surface area contributed by atoms with Crippen LogP contribution < -0.4 is 4.90 Å². The lowest BCUT2D eigenvalue weighted by molar-refractivity contribution is -0.905. The third-order valence-electron chi connectivity index (χ3n) is 3.51. The minimum atomic E-state index is 0.907. The lowest BCUT2D eigenvalue weighted by atomic mass is 10.2. The van der Waals surface area contributed by atoms with E-state index in [0.717, 1.165) is 48.2 Å². The van der Waals surface area contributed by atoms with Crippen LogP contribution in [-0.2, 0) is 4.74 Å². The molecule has 1 aliphatic heterocycles. The Hall–Kier alpha value is -1.04. The minimum absolute atomic E-state index is 0.907. The Kier molecular flexibility index (Phi) is 4.06. The fourth-order valence-electron chi connectivity index (χ4n) is 2.37. The largest absolute Gasteiger partial charge is 0.370 e. The number of imidazole rings is 1. The average molecular weight is 278 g/mol. The smallest absolute Gasteiger partial charge is 0.166 e. The van der Waals surface area contributed by atoms with Crippen molar-refractivity contribution in [1.82, 2.24) is 9.97 Å². The van der Waals surface area contributed by atoms with Crippen LogP contribution >= 0.6 is 11.8 Å². The van der Waals surface area contributed by atoms with Crippen LogP contribution in [-0.4, -0.2) is 48.6 Å². The number of H-pyrrole nitrogens is 1. The highest BCUT2D eigenvalue weighted by Gasteiger charge is 2.13. The van der Waals surface area contributed by atoms with Crippen molar-refractivity contribution in [3.8, 4) is 0 Å². The van der Waals surface area contributed by atoms with E-state index in [1.807, 2.05) is 11.8 Å². The first-order valence-corrected chi connectivity index (χ1v) is 7.80. The second-order valence-electron chi connectivity index (χ2n) is 5.02. The van der Waals surface area contributed by atoms with Crippen LogP contribution in [0.5, 0.6) is 0 Å². The zero-order valence-electron chi connectivity index (χ0n) is 11.2. The second-order valence-corrected chi connectivity index (χ2v) is 6.11. The molecule has 102 valence electrons. The molecule has 0 atom stereocenters. The topological polar surface area (TPSA) is 42.4 Å². The van der Waals surface area contributed by atoms with Gasteiger partial charge < -0.3 is 14.6 Å². The van der Waals surface area contributed by atoms with E-state index in [0.29, 0.717) is 0 Å². The maximum Gasteiger partial charge on any atom is 0.166 e. The maximum absolute atomic E-state index is 5.37. The van der Waals surface area contributed by atoms with Gasteiger partial charge in [-0.05, 0) is 24.6 Å². The van der Waals surface area contributed by atoms with E-state index in [4.69, 9.17) is 4.74 Å². The summed E-state index contributed by atoms with van der Waals surface area (Å²) < 4.78 is 5.37. The van der Waals surface area contributed by atoms with Crippen molar-refractivity contribution in [3.05, 3.63) is 23.8 Å². The summed E-state index contributed by atoms with van der Waals surface area (Å²) in [7, 11) is 0. The van der Waals surface area contributed by atoms with Crippen LogP contribution in [0.15, 0.2) is 23.4 Å². The molecule has 19 heavy (non-hydrogen) atoms. The Bertz CT molecular complexity index is 549. The summed E-state index contributed by atoms with van der Waals surface area (Å²) in [5, 5.41) is 1.04. The van der Waals surface area contributed by atoms with Crippen molar-refractivity contribution in [2.45, 2.75) is 12.1 Å². The maximum atomic E-state index is 5.37. The van der Waals surface area contributed by atoms with Crippen molar-refractivity contribution in [2.75, 3.05) is 38.6 Å². The Morgan fingerprint density at radius 1 is 1.37 bits per heavy atom. The molecular weight excluding hydrogens is 258 g/mol. The molecule has 0 aliphatic carbocycles. The van der Waals surface area contributed by atoms with Crippen molar-refractivity contribution >= 4 is 22.8 Å². The van der Waals surface area contributed by atoms with E-state index in [1.54, 1.807) is 4.90 Å². The molecule has 0 radical (unpaired) electrons. The minimum Gasteiger partial charge on any atom is -0.370 e. The summed E-state index contributed by atoms with van der Waals surface area (Å²) >= 11 is 1.82. The summed E-state index contributed by atoms with van der Waals surface area (Å²) in [6.45, 7) is 7.38. The first-order valence-electron chi connectivity index (χ1n) is 6.82. The number of morpholine rings is 1. The van der Waals surface area contributed by atoms with Gasteiger partial charge in [0.15, 0.2) is 5.16 Å². The average Bonchev–Trinajstić information content (AvgIpc) is 2.82. The van der Waals surface area contributed by atoms with Gasteiger partial charge in [0.2, 0.25) is 0 Å². The molecule has 0 unspecified atom stereocenters. The van der Waals surface area contributed by atoms with Crippen LogP contribution in [0.3, 0.4) is 0 Å². The highest BCUT2D eigenvalue weighted by Crippen LogP contribution is 2.19. The van der Waals surface area contributed by atoms with Crippen LogP contribution in [0, 0.1) is 6.92 Å². The first kappa shape index (κ1) is 13.0. The van der Waals surface area contributed by atoms with Crippen molar-refractivity contribution in [2.24, 2.45) is 0 Å². The van der Waals surface area contributed by atoms with E-state index < -0.39 is 0 Å². The van der Waals surface area contributed by atoms with Gasteiger partial charge >= 0.3 is 0 Å². The number of aryl methyl sites for hydroxylation is 1. The lowest BCUT2D eigenvalue weighted by Crippen LogP contribution is -3.14. The molecule has 0 saturated carbocycles. The SMILES string of the molecule is Cc1ccc2nc(SCC[NH+]3CCOCC3)[nH]c2c1. The molecule has 0 bridgehead atoms. The molecule has 5 heteroatoms. The van der Waals surface area contributed by atoms with Crippen molar-refractivity contribution < 1.29 is 9.64 Å². The number of quaternary nitrogens is 1.